The second-order valence-electron chi connectivity index (χ2n) is 5.30. The van der Waals surface area contributed by atoms with Crippen LogP contribution in [0.5, 0.6) is 0 Å². The number of aliphatic hydroxyl groups excluding tert-OH is 1. The van der Waals surface area contributed by atoms with Crippen molar-refractivity contribution in [2.24, 2.45) is 0 Å². The number of aryl methyl sites for hydroxylation is 2. The Morgan fingerprint density at radius 1 is 1.30 bits per heavy atom. The molecule has 0 aliphatic heterocycles. The molecule has 1 aromatic rings. The van der Waals surface area contributed by atoms with Crippen LogP contribution in [0.1, 0.15) is 49.0 Å². The average molecular weight is 279 g/mol. The Morgan fingerprint density at radius 2 is 2.00 bits per heavy atom. The smallest absolute Gasteiger partial charge is 0.320 e. The standard InChI is InChI=1S/C16H25NO3/c1-4-5-6-14(16(19)20)17-10-15(18)13-8-7-11(2)12(3)9-13/h7-9,14-15,17-18H,4-6,10H2,1-3H3,(H,19,20). The van der Waals surface area contributed by atoms with Gasteiger partial charge < -0.3 is 15.5 Å². The number of hydrogen-bond donors (Lipinski definition) is 3. The van der Waals surface area contributed by atoms with Gasteiger partial charge in [-0.3, -0.25) is 4.79 Å². The van der Waals surface area contributed by atoms with Gasteiger partial charge in [-0.1, -0.05) is 38.0 Å². The highest BCUT2D eigenvalue weighted by Crippen LogP contribution is 2.16. The van der Waals surface area contributed by atoms with Gasteiger partial charge in [0, 0.05) is 6.54 Å². The quantitative estimate of drug-likeness (QED) is 0.684. The molecular formula is C16H25NO3. The minimum absolute atomic E-state index is 0.253. The van der Waals surface area contributed by atoms with Crippen molar-refractivity contribution >= 4 is 5.97 Å². The molecule has 3 N–H and O–H groups in total. The Kier molecular flexibility index (Phi) is 6.68. The summed E-state index contributed by atoms with van der Waals surface area (Å²) in [4.78, 5) is 11.1. The van der Waals surface area contributed by atoms with E-state index in [2.05, 4.69) is 5.32 Å². The molecular weight excluding hydrogens is 254 g/mol. The van der Waals surface area contributed by atoms with Crippen molar-refractivity contribution in [1.82, 2.24) is 5.32 Å². The maximum absolute atomic E-state index is 11.1. The molecule has 0 saturated heterocycles. The molecule has 0 amide bonds. The monoisotopic (exact) mass is 279 g/mol. The predicted octanol–water partition coefficient (Wildman–Crippen LogP) is 2.57. The lowest BCUT2D eigenvalue weighted by atomic mass is 10.0. The van der Waals surface area contributed by atoms with Crippen LogP contribution in [0.15, 0.2) is 18.2 Å². The van der Waals surface area contributed by atoms with Crippen LogP contribution in [0, 0.1) is 13.8 Å². The Balaban J connectivity index is 2.58. The van der Waals surface area contributed by atoms with Crippen LogP contribution >= 0.6 is 0 Å². The lowest BCUT2D eigenvalue weighted by Crippen LogP contribution is -2.39. The summed E-state index contributed by atoms with van der Waals surface area (Å²) in [5.74, 6) is -0.856. The molecule has 0 heterocycles. The fraction of sp³-hybridized carbons (Fsp3) is 0.562. The molecule has 0 bridgehead atoms. The molecule has 0 saturated carbocycles. The summed E-state index contributed by atoms with van der Waals surface area (Å²) in [5, 5.41) is 22.2. The first-order chi connectivity index (χ1) is 9.45. The highest BCUT2D eigenvalue weighted by atomic mass is 16.4. The Labute approximate surface area is 120 Å². The van der Waals surface area contributed by atoms with Gasteiger partial charge in [0.1, 0.15) is 6.04 Å². The van der Waals surface area contributed by atoms with Crippen LogP contribution < -0.4 is 5.32 Å². The first kappa shape index (κ1) is 16.7. The topological polar surface area (TPSA) is 69.6 Å². The van der Waals surface area contributed by atoms with Crippen molar-refractivity contribution in [1.29, 1.82) is 0 Å². The summed E-state index contributed by atoms with van der Waals surface area (Å²) in [6.07, 6.45) is 1.73. The number of aliphatic carboxylic acids is 1. The minimum atomic E-state index is -0.856. The number of benzene rings is 1. The minimum Gasteiger partial charge on any atom is -0.480 e. The molecule has 0 aliphatic carbocycles. The van der Waals surface area contributed by atoms with E-state index in [4.69, 9.17) is 5.11 Å². The summed E-state index contributed by atoms with van der Waals surface area (Å²) in [6.45, 7) is 6.31. The molecule has 4 heteroatoms. The van der Waals surface area contributed by atoms with Crippen molar-refractivity contribution < 1.29 is 15.0 Å². The van der Waals surface area contributed by atoms with E-state index in [9.17, 15) is 9.90 Å². The molecule has 1 aromatic carbocycles. The first-order valence-corrected chi connectivity index (χ1v) is 7.17. The molecule has 112 valence electrons. The van der Waals surface area contributed by atoms with Gasteiger partial charge in [0.25, 0.3) is 0 Å². The maximum atomic E-state index is 11.1. The second-order valence-corrected chi connectivity index (χ2v) is 5.30. The van der Waals surface area contributed by atoms with Crippen LogP contribution in [0.3, 0.4) is 0 Å². The molecule has 20 heavy (non-hydrogen) atoms. The molecule has 0 fully saturated rings. The van der Waals surface area contributed by atoms with Gasteiger partial charge in [-0.05, 0) is 37.0 Å². The molecule has 0 radical (unpaired) electrons. The Hall–Kier alpha value is -1.39. The third-order valence-electron chi connectivity index (χ3n) is 3.62. The maximum Gasteiger partial charge on any atom is 0.320 e. The zero-order valence-corrected chi connectivity index (χ0v) is 12.5. The summed E-state index contributed by atoms with van der Waals surface area (Å²) in [6, 6.07) is 5.22. The van der Waals surface area contributed by atoms with Gasteiger partial charge in [0.05, 0.1) is 6.10 Å². The zero-order valence-electron chi connectivity index (χ0n) is 12.5. The van der Waals surface area contributed by atoms with E-state index in [1.807, 2.05) is 39.0 Å². The second kappa shape index (κ2) is 8.02. The van der Waals surface area contributed by atoms with Crippen LogP contribution in [-0.4, -0.2) is 28.8 Å². The molecule has 2 atom stereocenters. The van der Waals surface area contributed by atoms with Crippen LogP contribution in [-0.2, 0) is 4.79 Å². The zero-order chi connectivity index (χ0) is 15.1. The fourth-order valence-corrected chi connectivity index (χ4v) is 2.06. The van der Waals surface area contributed by atoms with Gasteiger partial charge in [-0.2, -0.15) is 0 Å². The van der Waals surface area contributed by atoms with Crippen LogP contribution in [0.4, 0.5) is 0 Å². The van der Waals surface area contributed by atoms with E-state index in [0.29, 0.717) is 6.42 Å². The van der Waals surface area contributed by atoms with Crippen molar-refractivity contribution in [3.8, 4) is 0 Å². The van der Waals surface area contributed by atoms with Crippen molar-refractivity contribution in [2.45, 2.75) is 52.2 Å². The summed E-state index contributed by atoms with van der Waals surface area (Å²) in [5.41, 5.74) is 3.13. The summed E-state index contributed by atoms with van der Waals surface area (Å²) < 4.78 is 0. The average Bonchev–Trinajstić information content (AvgIpc) is 2.41. The van der Waals surface area contributed by atoms with Crippen molar-refractivity contribution in [3.05, 3.63) is 34.9 Å². The van der Waals surface area contributed by atoms with Crippen molar-refractivity contribution in [2.75, 3.05) is 6.54 Å². The number of carboxylic acid groups (broad SMARTS) is 1. The van der Waals surface area contributed by atoms with E-state index in [1.54, 1.807) is 0 Å². The highest BCUT2D eigenvalue weighted by Gasteiger charge is 2.18. The summed E-state index contributed by atoms with van der Waals surface area (Å²) in [7, 11) is 0. The van der Waals surface area contributed by atoms with Crippen molar-refractivity contribution in [3.63, 3.8) is 0 Å². The summed E-state index contributed by atoms with van der Waals surface area (Å²) >= 11 is 0. The third kappa shape index (κ3) is 4.94. The molecule has 1 rings (SSSR count). The third-order valence-corrected chi connectivity index (χ3v) is 3.62. The van der Waals surface area contributed by atoms with Gasteiger partial charge in [0.2, 0.25) is 0 Å². The van der Waals surface area contributed by atoms with Crippen LogP contribution in [0.2, 0.25) is 0 Å². The molecule has 0 spiro atoms. The fourth-order valence-electron chi connectivity index (χ4n) is 2.06. The predicted molar refractivity (Wildman–Crippen MR) is 79.8 cm³/mol. The number of carboxylic acids is 1. The number of nitrogens with one attached hydrogen (secondary N) is 1. The molecule has 0 aromatic heterocycles. The first-order valence-electron chi connectivity index (χ1n) is 7.17. The SMILES string of the molecule is CCCCC(NCC(O)c1ccc(C)c(C)c1)C(=O)O. The van der Waals surface area contributed by atoms with E-state index in [-0.39, 0.29) is 6.54 Å². The number of hydrogen-bond acceptors (Lipinski definition) is 3. The van der Waals surface area contributed by atoms with Gasteiger partial charge in [0.15, 0.2) is 0 Å². The van der Waals surface area contributed by atoms with Gasteiger partial charge in [-0.25, -0.2) is 0 Å². The van der Waals surface area contributed by atoms with E-state index < -0.39 is 18.1 Å². The van der Waals surface area contributed by atoms with E-state index in [0.717, 1.165) is 24.0 Å². The van der Waals surface area contributed by atoms with E-state index in [1.165, 1.54) is 5.56 Å². The van der Waals surface area contributed by atoms with E-state index >= 15 is 0 Å². The Bertz CT molecular complexity index is 445. The largest absolute Gasteiger partial charge is 0.480 e. The lowest BCUT2D eigenvalue weighted by molar-refractivity contribution is -0.139. The van der Waals surface area contributed by atoms with Gasteiger partial charge in [-0.15, -0.1) is 0 Å². The number of aliphatic hydroxyl groups is 1. The number of carbonyl (C=O) groups is 1. The highest BCUT2D eigenvalue weighted by molar-refractivity contribution is 5.73. The molecule has 0 aliphatic rings. The van der Waals surface area contributed by atoms with Crippen LogP contribution in [0.25, 0.3) is 0 Å². The Morgan fingerprint density at radius 3 is 2.55 bits per heavy atom. The number of rotatable bonds is 8. The normalized spacial score (nSPS) is 14.0. The lowest BCUT2D eigenvalue weighted by Gasteiger charge is -2.18. The molecule has 4 nitrogen and oxygen atoms in total. The molecule has 2 unspecified atom stereocenters. The number of unbranched alkanes of at least 4 members (excludes halogenated alkanes) is 1. The van der Waals surface area contributed by atoms with Gasteiger partial charge >= 0.3 is 5.97 Å².